The van der Waals surface area contributed by atoms with Crippen LogP contribution in [0.2, 0.25) is 0 Å². The summed E-state index contributed by atoms with van der Waals surface area (Å²) >= 11 is 0. The van der Waals surface area contributed by atoms with Gasteiger partial charge in [-0.2, -0.15) is 0 Å². The highest BCUT2D eigenvalue weighted by Crippen LogP contribution is 2.28. The molecule has 1 aliphatic heterocycles. The van der Waals surface area contributed by atoms with E-state index in [1.807, 2.05) is 4.90 Å². The van der Waals surface area contributed by atoms with Gasteiger partial charge < -0.3 is 4.74 Å². The summed E-state index contributed by atoms with van der Waals surface area (Å²) in [6.07, 6.45) is 1.24. The van der Waals surface area contributed by atoms with Crippen molar-refractivity contribution in [2.45, 2.75) is 25.3 Å². The molecule has 1 aromatic rings. The molecule has 0 atom stereocenters. The molecule has 0 spiro atoms. The molecule has 0 N–H and O–H groups in total. The highest BCUT2D eigenvalue weighted by molar-refractivity contribution is 5.88. The third-order valence-electron chi connectivity index (χ3n) is 3.22. The molecule has 4 nitrogen and oxygen atoms in total. The van der Waals surface area contributed by atoms with Crippen LogP contribution in [0.3, 0.4) is 0 Å². The fourth-order valence-electron chi connectivity index (χ4n) is 2.02. The number of likely N-dealkylation sites (tertiary alicyclic amines) is 1. The zero-order valence-corrected chi connectivity index (χ0v) is 10.7. The number of carbonyl (C=O) groups excluding carboxylic acids is 1. The van der Waals surface area contributed by atoms with E-state index in [0.29, 0.717) is 25.2 Å². The molecular weight excluding hydrogens is 254 g/mol. The van der Waals surface area contributed by atoms with Crippen LogP contribution < -0.4 is 0 Å². The zero-order chi connectivity index (χ0) is 13.9. The Labute approximate surface area is 110 Å². The number of carbonyl (C=O) groups is 1. The molecule has 1 saturated heterocycles. The van der Waals surface area contributed by atoms with Gasteiger partial charge in [0.05, 0.1) is 18.4 Å². The monoisotopic (exact) mass is 270 g/mol. The SMILES string of the molecule is COC(=O)c1ccc(CN2CCC(F)(F)CC2)nc1. The van der Waals surface area contributed by atoms with E-state index in [4.69, 9.17) is 0 Å². The van der Waals surface area contributed by atoms with Crippen LogP contribution in [0.25, 0.3) is 0 Å². The predicted molar refractivity (Wildman–Crippen MR) is 65.0 cm³/mol. The van der Waals surface area contributed by atoms with Crippen LogP contribution in [0.1, 0.15) is 28.9 Å². The number of aromatic nitrogens is 1. The maximum absolute atomic E-state index is 13.0. The fourth-order valence-corrected chi connectivity index (χ4v) is 2.02. The lowest BCUT2D eigenvalue weighted by Gasteiger charge is -2.31. The third kappa shape index (κ3) is 3.70. The van der Waals surface area contributed by atoms with Crippen molar-refractivity contribution in [3.05, 3.63) is 29.6 Å². The number of halogens is 2. The molecule has 1 fully saturated rings. The van der Waals surface area contributed by atoms with Gasteiger partial charge in [0.15, 0.2) is 0 Å². The van der Waals surface area contributed by atoms with E-state index in [2.05, 4.69) is 9.72 Å². The third-order valence-corrected chi connectivity index (χ3v) is 3.22. The first-order valence-corrected chi connectivity index (χ1v) is 6.13. The van der Waals surface area contributed by atoms with Crippen molar-refractivity contribution in [1.29, 1.82) is 0 Å². The maximum Gasteiger partial charge on any atom is 0.339 e. The molecular formula is C13H16F2N2O2. The Hall–Kier alpha value is -1.56. The number of hydrogen-bond donors (Lipinski definition) is 0. The molecule has 19 heavy (non-hydrogen) atoms. The molecule has 6 heteroatoms. The second-order valence-electron chi connectivity index (χ2n) is 4.66. The molecule has 0 aromatic carbocycles. The van der Waals surface area contributed by atoms with Gasteiger partial charge in [0, 0.05) is 38.7 Å². The van der Waals surface area contributed by atoms with E-state index in [0.717, 1.165) is 5.69 Å². The number of pyridine rings is 1. The Kier molecular flexibility index (Phi) is 4.09. The Balaban J connectivity index is 1.92. The molecule has 0 bridgehead atoms. The summed E-state index contributed by atoms with van der Waals surface area (Å²) in [7, 11) is 1.31. The van der Waals surface area contributed by atoms with Crippen LogP contribution in [-0.4, -0.2) is 42.0 Å². The van der Waals surface area contributed by atoms with Crippen LogP contribution in [0.5, 0.6) is 0 Å². The first kappa shape index (κ1) is 13.9. The summed E-state index contributed by atoms with van der Waals surface area (Å²) in [5.74, 6) is -2.96. The van der Waals surface area contributed by atoms with E-state index < -0.39 is 11.9 Å². The summed E-state index contributed by atoms with van der Waals surface area (Å²) in [4.78, 5) is 17.3. The molecule has 0 unspecified atom stereocenters. The van der Waals surface area contributed by atoms with Crippen molar-refractivity contribution in [3.63, 3.8) is 0 Å². The highest BCUT2D eigenvalue weighted by atomic mass is 19.3. The first-order chi connectivity index (χ1) is 9.00. The van der Waals surface area contributed by atoms with Crippen molar-refractivity contribution < 1.29 is 18.3 Å². The second-order valence-corrected chi connectivity index (χ2v) is 4.66. The number of esters is 1. The lowest BCUT2D eigenvalue weighted by atomic mass is 10.1. The van der Waals surface area contributed by atoms with Crippen LogP contribution >= 0.6 is 0 Å². The molecule has 1 aliphatic rings. The quantitative estimate of drug-likeness (QED) is 0.789. The van der Waals surface area contributed by atoms with Crippen molar-refractivity contribution in [2.75, 3.05) is 20.2 Å². The van der Waals surface area contributed by atoms with E-state index >= 15 is 0 Å². The van der Waals surface area contributed by atoms with Gasteiger partial charge in [0.1, 0.15) is 0 Å². The topological polar surface area (TPSA) is 42.4 Å². The Morgan fingerprint density at radius 2 is 2.11 bits per heavy atom. The number of alkyl halides is 2. The number of ether oxygens (including phenoxy) is 1. The van der Waals surface area contributed by atoms with Crippen LogP contribution in [0.15, 0.2) is 18.3 Å². The van der Waals surface area contributed by atoms with E-state index in [9.17, 15) is 13.6 Å². The largest absolute Gasteiger partial charge is 0.465 e. The minimum atomic E-state index is -2.53. The van der Waals surface area contributed by atoms with Gasteiger partial charge in [0.25, 0.3) is 5.92 Å². The van der Waals surface area contributed by atoms with Crippen molar-refractivity contribution in [3.8, 4) is 0 Å². The lowest BCUT2D eigenvalue weighted by molar-refractivity contribution is -0.0568. The number of rotatable bonds is 3. The standard InChI is InChI=1S/C13H16F2N2O2/c1-19-12(18)10-2-3-11(16-8-10)9-17-6-4-13(14,15)5-7-17/h2-3,8H,4-7,9H2,1H3. The average Bonchev–Trinajstić information content (AvgIpc) is 2.41. The van der Waals surface area contributed by atoms with Gasteiger partial charge in [-0.3, -0.25) is 9.88 Å². The van der Waals surface area contributed by atoms with E-state index in [1.165, 1.54) is 13.3 Å². The van der Waals surface area contributed by atoms with Gasteiger partial charge >= 0.3 is 5.97 Å². The van der Waals surface area contributed by atoms with Gasteiger partial charge in [-0.1, -0.05) is 0 Å². The Morgan fingerprint density at radius 1 is 1.42 bits per heavy atom. The van der Waals surface area contributed by atoms with Crippen molar-refractivity contribution in [1.82, 2.24) is 9.88 Å². The molecule has 104 valence electrons. The molecule has 1 aromatic heterocycles. The summed E-state index contributed by atoms with van der Waals surface area (Å²) in [5.41, 5.74) is 1.15. The Morgan fingerprint density at radius 3 is 2.63 bits per heavy atom. The Bertz CT molecular complexity index is 438. The minimum absolute atomic E-state index is 0.104. The smallest absolute Gasteiger partial charge is 0.339 e. The summed E-state index contributed by atoms with van der Waals surface area (Å²) in [6.45, 7) is 1.26. The molecule has 2 rings (SSSR count). The average molecular weight is 270 g/mol. The van der Waals surface area contributed by atoms with Gasteiger partial charge in [-0.05, 0) is 12.1 Å². The van der Waals surface area contributed by atoms with Gasteiger partial charge in [0.2, 0.25) is 0 Å². The normalized spacial score (nSPS) is 19.1. The number of nitrogens with zero attached hydrogens (tertiary/aromatic N) is 2. The molecule has 2 heterocycles. The fraction of sp³-hybridized carbons (Fsp3) is 0.538. The summed E-state index contributed by atoms with van der Waals surface area (Å²) in [5, 5.41) is 0. The van der Waals surface area contributed by atoms with E-state index in [1.54, 1.807) is 12.1 Å². The number of piperidine rings is 1. The molecule has 0 saturated carbocycles. The molecule has 0 radical (unpaired) electrons. The summed E-state index contributed by atoms with van der Waals surface area (Å²) in [6, 6.07) is 3.35. The molecule has 0 aliphatic carbocycles. The first-order valence-electron chi connectivity index (χ1n) is 6.13. The number of methoxy groups -OCH3 is 1. The summed E-state index contributed by atoms with van der Waals surface area (Å²) < 4.78 is 30.6. The van der Waals surface area contributed by atoms with Crippen LogP contribution in [0, 0.1) is 0 Å². The van der Waals surface area contributed by atoms with E-state index in [-0.39, 0.29) is 12.8 Å². The second kappa shape index (κ2) is 5.61. The van der Waals surface area contributed by atoms with Crippen molar-refractivity contribution >= 4 is 5.97 Å². The maximum atomic E-state index is 13.0. The van der Waals surface area contributed by atoms with Gasteiger partial charge in [-0.25, -0.2) is 13.6 Å². The minimum Gasteiger partial charge on any atom is -0.465 e. The van der Waals surface area contributed by atoms with Crippen molar-refractivity contribution in [2.24, 2.45) is 0 Å². The molecule has 0 amide bonds. The van der Waals surface area contributed by atoms with Crippen LogP contribution in [0.4, 0.5) is 8.78 Å². The highest BCUT2D eigenvalue weighted by Gasteiger charge is 2.33. The predicted octanol–water partition coefficient (Wildman–Crippen LogP) is 2.10. The van der Waals surface area contributed by atoms with Gasteiger partial charge in [-0.15, -0.1) is 0 Å². The van der Waals surface area contributed by atoms with Crippen LogP contribution in [-0.2, 0) is 11.3 Å². The lowest BCUT2D eigenvalue weighted by Crippen LogP contribution is -2.38. The zero-order valence-electron chi connectivity index (χ0n) is 10.7. The number of hydrogen-bond acceptors (Lipinski definition) is 4.